The lowest BCUT2D eigenvalue weighted by Crippen LogP contribution is -2.52. The average molecular weight is 360 g/mol. The van der Waals surface area contributed by atoms with Crippen LogP contribution in [0.4, 0.5) is 5.69 Å². The van der Waals surface area contributed by atoms with E-state index in [1.165, 1.54) is 11.3 Å². The molecular formula is C17H27Cl2N3O. The number of anilines is 1. The van der Waals surface area contributed by atoms with Crippen LogP contribution in [0.25, 0.3) is 0 Å². The zero-order chi connectivity index (χ0) is 15.0. The molecule has 1 fully saturated rings. The van der Waals surface area contributed by atoms with Crippen molar-refractivity contribution in [1.82, 2.24) is 10.2 Å². The van der Waals surface area contributed by atoms with Crippen molar-refractivity contribution in [3.8, 4) is 0 Å². The topological polar surface area (TPSA) is 35.6 Å². The highest BCUT2D eigenvalue weighted by molar-refractivity contribution is 5.85. The maximum Gasteiger partial charge on any atom is 0.226 e. The van der Waals surface area contributed by atoms with Gasteiger partial charge in [-0.15, -0.1) is 24.8 Å². The van der Waals surface area contributed by atoms with Crippen LogP contribution in [0.2, 0.25) is 0 Å². The van der Waals surface area contributed by atoms with Crippen LogP contribution < -0.4 is 10.2 Å². The minimum absolute atomic E-state index is 0. The zero-order valence-corrected chi connectivity index (χ0v) is 15.6. The van der Waals surface area contributed by atoms with Gasteiger partial charge in [0.05, 0.1) is 0 Å². The molecule has 0 spiro atoms. The van der Waals surface area contributed by atoms with Gasteiger partial charge in [0.15, 0.2) is 0 Å². The van der Waals surface area contributed by atoms with Gasteiger partial charge in [0, 0.05) is 37.8 Å². The maximum atomic E-state index is 12.9. The third-order valence-corrected chi connectivity index (χ3v) is 5.01. The number of carbonyl (C=O) groups is 1. The van der Waals surface area contributed by atoms with E-state index in [1.54, 1.807) is 0 Å². The van der Waals surface area contributed by atoms with E-state index in [4.69, 9.17) is 0 Å². The average Bonchev–Trinajstić information content (AvgIpc) is 2.53. The predicted octanol–water partition coefficient (Wildman–Crippen LogP) is 2.55. The van der Waals surface area contributed by atoms with Crippen molar-refractivity contribution < 1.29 is 4.79 Å². The number of hydrogen-bond acceptors (Lipinski definition) is 3. The highest BCUT2D eigenvalue weighted by atomic mass is 35.5. The predicted molar refractivity (Wildman–Crippen MR) is 99.7 cm³/mol. The molecule has 0 aromatic heterocycles. The molecule has 2 aliphatic heterocycles. The van der Waals surface area contributed by atoms with Crippen molar-refractivity contribution in [3.05, 3.63) is 29.8 Å². The Labute approximate surface area is 151 Å². The third-order valence-electron chi connectivity index (χ3n) is 5.01. The summed E-state index contributed by atoms with van der Waals surface area (Å²) in [7, 11) is 2.11. The van der Waals surface area contributed by atoms with E-state index in [0.29, 0.717) is 11.8 Å². The van der Waals surface area contributed by atoms with Crippen LogP contribution in [0, 0.1) is 11.8 Å². The summed E-state index contributed by atoms with van der Waals surface area (Å²) in [5, 5.41) is 3.27. The van der Waals surface area contributed by atoms with Gasteiger partial charge in [-0.2, -0.15) is 0 Å². The van der Waals surface area contributed by atoms with E-state index >= 15 is 0 Å². The summed E-state index contributed by atoms with van der Waals surface area (Å²) < 4.78 is 0. The van der Waals surface area contributed by atoms with Crippen molar-refractivity contribution in [3.63, 3.8) is 0 Å². The van der Waals surface area contributed by atoms with Gasteiger partial charge in [-0.25, -0.2) is 0 Å². The van der Waals surface area contributed by atoms with Crippen molar-refractivity contribution >= 4 is 36.4 Å². The number of hydrogen-bond donors (Lipinski definition) is 1. The molecule has 1 aromatic rings. The van der Waals surface area contributed by atoms with Gasteiger partial charge in [0.1, 0.15) is 0 Å². The van der Waals surface area contributed by atoms with E-state index in [9.17, 15) is 4.79 Å². The third kappa shape index (κ3) is 3.93. The normalized spacial score (nSPS) is 22.0. The summed E-state index contributed by atoms with van der Waals surface area (Å²) in [5.41, 5.74) is 2.49. The lowest BCUT2D eigenvalue weighted by molar-refractivity contribution is -0.139. The molecule has 0 radical (unpaired) electrons. The number of benzene rings is 1. The van der Waals surface area contributed by atoms with Crippen molar-refractivity contribution in [2.24, 2.45) is 11.8 Å². The van der Waals surface area contributed by atoms with Crippen LogP contribution in [0.15, 0.2) is 24.3 Å². The minimum atomic E-state index is 0. The minimum Gasteiger partial charge on any atom is -0.372 e. The smallest absolute Gasteiger partial charge is 0.226 e. The Morgan fingerprint density at radius 3 is 2.52 bits per heavy atom. The first kappa shape index (κ1) is 20.1. The number of fused-ring (bicyclic) bond motifs is 1. The molecule has 130 valence electrons. The molecule has 23 heavy (non-hydrogen) atoms. The molecule has 1 N–H and O–H groups in total. The number of rotatable bonds is 2. The number of amides is 1. The summed E-state index contributed by atoms with van der Waals surface area (Å²) in [4.78, 5) is 17.2. The lowest BCUT2D eigenvalue weighted by Gasteiger charge is -2.37. The Hall–Kier alpha value is -0.970. The molecule has 0 saturated carbocycles. The Morgan fingerprint density at radius 2 is 1.91 bits per heavy atom. The van der Waals surface area contributed by atoms with E-state index in [-0.39, 0.29) is 36.8 Å². The largest absolute Gasteiger partial charge is 0.372 e. The molecule has 0 bridgehead atoms. The second kappa shape index (κ2) is 8.22. The Kier molecular flexibility index (Phi) is 7.18. The highest BCUT2D eigenvalue weighted by Crippen LogP contribution is 2.28. The molecule has 2 unspecified atom stereocenters. The lowest BCUT2D eigenvalue weighted by atomic mass is 9.87. The van der Waals surface area contributed by atoms with Crippen molar-refractivity contribution in [2.45, 2.75) is 26.4 Å². The summed E-state index contributed by atoms with van der Waals surface area (Å²) in [6.07, 6.45) is 0. The molecule has 0 aliphatic carbocycles. The van der Waals surface area contributed by atoms with Crippen LogP contribution in [0.1, 0.15) is 19.4 Å². The summed E-state index contributed by atoms with van der Waals surface area (Å²) >= 11 is 0. The molecule has 1 amide bonds. The Bertz CT molecular complexity index is 536. The fourth-order valence-electron chi connectivity index (χ4n) is 3.37. The van der Waals surface area contributed by atoms with Crippen LogP contribution >= 0.6 is 24.8 Å². The first-order chi connectivity index (χ1) is 10.1. The summed E-state index contributed by atoms with van der Waals surface area (Å²) in [6.45, 7) is 7.81. The fourth-order valence-corrected chi connectivity index (χ4v) is 3.37. The maximum absolute atomic E-state index is 12.9. The molecule has 2 atom stereocenters. The van der Waals surface area contributed by atoms with Crippen molar-refractivity contribution in [2.75, 3.05) is 31.6 Å². The van der Waals surface area contributed by atoms with Gasteiger partial charge in [0.2, 0.25) is 5.91 Å². The molecular weight excluding hydrogens is 333 g/mol. The van der Waals surface area contributed by atoms with Gasteiger partial charge in [-0.3, -0.25) is 4.79 Å². The number of para-hydroxylation sites is 1. The number of carbonyl (C=O) groups excluding carboxylic acids is 1. The Morgan fingerprint density at radius 1 is 1.26 bits per heavy atom. The second-order valence-electron chi connectivity index (χ2n) is 6.53. The zero-order valence-electron chi connectivity index (χ0n) is 14.0. The summed E-state index contributed by atoms with van der Waals surface area (Å²) in [5.74, 6) is 0.921. The van der Waals surface area contributed by atoms with Gasteiger partial charge < -0.3 is 15.1 Å². The first-order valence-electron chi connectivity index (χ1n) is 7.88. The Balaban J connectivity index is 0.00000132. The quantitative estimate of drug-likeness (QED) is 0.881. The molecule has 1 saturated heterocycles. The van der Waals surface area contributed by atoms with Gasteiger partial charge >= 0.3 is 0 Å². The van der Waals surface area contributed by atoms with Gasteiger partial charge in [-0.05, 0) is 37.6 Å². The van der Waals surface area contributed by atoms with E-state index in [2.05, 4.69) is 60.3 Å². The van der Waals surface area contributed by atoms with Crippen LogP contribution in [-0.2, 0) is 11.3 Å². The van der Waals surface area contributed by atoms with E-state index in [0.717, 1.165) is 26.2 Å². The highest BCUT2D eigenvalue weighted by Gasteiger charge is 2.35. The number of nitrogens with zero attached hydrogens (tertiary/aromatic N) is 2. The molecule has 2 aliphatic rings. The van der Waals surface area contributed by atoms with Crippen LogP contribution in [-0.4, -0.2) is 43.5 Å². The summed E-state index contributed by atoms with van der Waals surface area (Å²) in [6, 6.07) is 8.66. The molecule has 2 heterocycles. The van der Waals surface area contributed by atoms with Gasteiger partial charge in [0.25, 0.3) is 0 Å². The second-order valence-corrected chi connectivity index (χ2v) is 6.53. The number of likely N-dealkylation sites (N-methyl/N-ethyl adjacent to an activating group) is 1. The van der Waals surface area contributed by atoms with E-state index in [1.807, 2.05) is 0 Å². The van der Waals surface area contributed by atoms with Gasteiger partial charge in [-0.1, -0.05) is 25.1 Å². The molecule has 3 rings (SSSR count). The standard InChI is InChI=1S/C17H25N3O.2ClH/c1-12-10-19(3)16-7-5-4-6-14(16)11-20(12)17(21)13(2)15-8-18-9-15;;/h4-7,12-13,15,18H,8-11H2,1-3H3;2*1H. The fraction of sp³-hybridized carbons (Fsp3) is 0.588. The molecule has 4 nitrogen and oxygen atoms in total. The molecule has 1 aromatic carbocycles. The van der Waals surface area contributed by atoms with E-state index < -0.39 is 0 Å². The number of halogens is 2. The van der Waals surface area contributed by atoms with Crippen molar-refractivity contribution in [1.29, 1.82) is 0 Å². The monoisotopic (exact) mass is 359 g/mol. The molecule has 6 heteroatoms. The van der Waals surface area contributed by atoms with Crippen LogP contribution in [0.3, 0.4) is 0 Å². The first-order valence-corrected chi connectivity index (χ1v) is 7.88. The SMILES string of the molecule is CC(C(=O)N1Cc2ccccc2N(C)CC1C)C1CNC1.Cl.Cl. The van der Waals surface area contributed by atoms with Crippen LogP contribution in [0.5, 0.6) is 0 Å². The number of nitrogens with one attached hydrogen (secondary N) is 1.